The largest absolute Gasteiger partial charge is 0.331 e. The number of carbonyl (C=O) groups is 2. The van der Waals surface area contributed by atoms with Gasteiger partial charge in [-0.05, 0) is 12.1 Å². The fourth-order valence-electron chi connectivity index (χ4n) is 1.47. The van der Waals surface area contributed by atoms with Gasteiger partial charge in [0.15, 0.2) is 6.29 Å². The molecule has 0 aromatic carbocycles. The van der Waals surface area contributed by atoms with Crippen LogP contribution in [0.3, 0.4) is 0 Å². The summed E-state index contributed by atoms with van der Waals surface area (Å²) in [5, 5.41) is 2.49. The van der Waals surface area contributed by atoms with E-state index in [9.17, 15) is 14.0 Å². The zero-order valence-electron chi connectivity index (χ0n) is 10.2. The number of halogens is 1. The number of pyridine rings is 1. The molecule has 0 saturated carbocycles. The average molecular weight is 288 g/mol. The summed E-state index contributed by atoms with van der Waals surface area (Å²) in [6.45, 7) is 0. The van der Waals surface area contributed by atoms with Gasteiger partial charge in [-0.15, -0.1) is 0 Å². The lowest BCUT2D eigenvalue weighted by molar-refractivity contribution is -0.108. The summed E-state index contributed by atoms with van der Waals surface area (Å²) in [6, 6.07) is 2.76. The van der Waals surface area contributed by atoms with Crippen molar-refractivity contribution in [1.29, 1.82) is 0 Å². The Morgan fingerprint density at radius 1 is 1.35 bits per heavy atom. The SMILES string of the molecule is O=CNC1=C(C=O)SC(C#Cc2ccc(F)nc2)=CC1. The van der Waals surface area contributed by atoms with Gasteiger partial charge in [0.1, 0.15) is 0 Å². The zero-order chi connectivity index (χ0) is 14.4. The summed E-state index contributed by atoms with van der Waals surface area (Å²) in [4.78, 5) is 26.0. The molecule has 0 fully saturated rings. The Labute approximate surface area is 119 Å². The van der Waals surface area contributed by atoms with Crippen molar-refractivity contribution in [2.45, 2.75) is 6.42 Å². The first-order valence-corrected chi connectivity index (χ1v) is 6.44. The second-order valence-electron chi connectivity index (χ2n) is 3.72. The van der Waals surface area contributed by atoms with Gasteiger partial charge in [-0.1, -0.05) is 29.7 Å². The maximum atomic E-state index is 12.6. The highest BCUT2D eigenvalue weighted by molar-refractivity contribution is 8.07. The molecule has 1 N–H and O–H groups in total. The van der Waals surface area contributed by atoms with Crippen LogP contribution in [0.1, 0.15) is 12.0 Å². The normalized spacial score (nSPS) is 13.9. The van der Waals surface area contributed by atoms with Crippen molar-refractivity contribution in [3.05, 3.63) is 51.4 Å². The highest BCUT2D eigenvalue weighted by Gasteiger charge is 2.13. The van der Waals surface area contributed by atoms with Gasteiger partial charge < -0.3 is 5.32 Å². The van der Waals surface area contributed by atoms with Gasteiger partial charge in [0.05, 0.1) is 9.81 Å². The van der Waals surface area contributed by atoms with E-state index in [1.165, 1.54) is 30.1 Å². The molecular formula is C14H9FN2O2S. The molecule has 0 bridgehead atoms. The fourth-order valence-corrected chi connectivity index (χ4v) is 2.29. The first-order chi connectivity index (χ1) is 9.72. The molecule has 2 rings (SSSR count). The lowest BCUT2D eigenvalue weighted by atomic mass is 10.2. The Kier molecular flexibility index (Phi) is 4.69. The topological polar surface area (TPSA) is 59.1 Å². The van der Waals surface area contributed by atoms with Crippen molar-refractivity contribution in [3.8, 4) is 11.8 Å². The van der Waals surface area contributed by atoms with E-state index in [0.29, 0.717) is 40.2 Å². The molecule has 20 heavy (non-hydrogen) atoms. The molecule has 0 saturated heterocycles. The van der Waals surface area contributed by atoms with Gasteiger partial charge in [0, 0.05) is 23.9 Å². The number of aldehydes is 1. The Hall–Kier alpha value is -2.39. The Morgan fingerprint density at radius 2 is 2.20 bits per heavy atom. The number of nitrogens with zero attached hydrogens (tertiary/aromatic N) is 1. The molecule has 4 nitrogen and oxygen atoms in total. The van der Waals surface area contributed by atoms with E-state index in [4.69, 9.17) is 0 Å². The summed E-state index contributed by atoms with van der Waals surface area (Å²) in [5.74, 6) is 5.17. The minimum Gasteiger partial charge on any atom is -0.331 e. The van der Waals surface area contributed by atoms with Gasteiger partial charge in [0.25, 0.3) is 0 Å². The number of thioether (sulfide) groups is 1. The minimum atomic E-state index is -0.558. The van der Waals surface area contributed by atoms with Crippen LogP contribution in [0.2, 0.25) is 0 Å². The summed E-state index contributed by atoms with van der Waals surface area (Å²) in [7, 11) is 0. The Bertz CT molecular complexity index is 654. The van der Waals surface area contributed by atoms with Crippen LogP contribution in [0, 0.1) is 17.8 Å². The summed E-state index contributed by atoms with van der Waals surface area (Å²) < 4.78 is 12.6. The molecule has 0 aliphatic carbocycles. The molecule has 6 heteroatoms. The third-order valence-electron chi connectivity index (χ3n) is 2.41. The monoisotopic (exact) mass is 288 g/mol. The van der Waals surface area contributed by atoms with Gasteiger partial charge >= 0.3 is 0 Å². The molecule has 0 spiro atoms. The number of hydrogen-bond donors (Lipinski definition) is 1. The fraction of sp³-hybridized carbons (Fsp3) is 0.0714. The van der Waals surface area contributed by atoms with Crippen molar-refractivity contribution in [2.75, 3.05) is 0 Å². The number of hydrogen-bond acceptors (Lipinski definition) is 4. The van der Waals surface area contributed by atoms with E-state index in [0.717, 1.165) is 0 Å². The number of aromatic nitrogens is 1. The van der Waals surface area contributed by atoms with Crippen molar-refractivity contribution < 1.29 is 14.0 Å². The number of allylic oxidation sites excluding steroid dienone is 3. The van der Waals surface area contributed by atoms with E-state index >= 15 is 0 Å². The summed E-state index contributed by atoms with van der Waals surface area (Å²) in [6.07, 6.45) is 4.81. The van der Waals surface area contributed by atoms with Crippen LogP contribution in [0.15, 0.2) is 39.9 Å². The second-order valence-corrected chi connectivity index (χ2v) is 4.80. The lowest BCUT2D eigenvalue weighted by Gasteiger charge is -2.12. The van der Waals surface area contributed by atoms with E-state index in [-0.39, 0.29) is 0 Å². The average Bonchev–Trinajstić information content (AvgIpc) is 2.48. The number of rotatable bonds is 3. The predicted molar refractivity (Wildman–Crippen MR) is 73.7 cm³/mol. The first-order valence-electron chi connectivity index (χ1n) is 5.63. The highest BCUT2D eigenvalue weighted by atomic mass is 32.2. The van der Waals surface area contributed by atoms with Crippen molar-refractivity contribution in [3.63, 3.8) is 0 Å². The maximum Gasteiger partial charge on any atom is 0.212 e. The molecule has 1 aliphatic heterocycles. The van der Waals surface area contributed by atoms with E-state index in [1.54, 1.807) is 0 Å². The van der Waals surface area contributed by atoms with E-state index < -0.39 is 5.95 Å². The zero-order valence-corrected chi connectivity index (χ0v) is 11.0. The molecule has 2 heterocycles. The molecule has 100 valence electrons. The Morgan fingerprint density at radius 3 is 2.85 bits per heavy atom. The predicted octanol–water partition coefficient (Wildman–Crippen LogP) is 1.75. The van der Waals surface area contributed by atoms with Crippen LogP contribution in [0.5, 0.6) is 0 Å². The number of nitrogens with one attached hydrogen (secondary N) is 1. The molecular weight excluding hydrogens is 279 g/mol. The third kappa shape index (κ3) is 3.56. The van der Waals surface area contributed by atoms with Crippen molar-refractivity contribution in [1.82, 2.24) is 10.3 Å². The van der Waals surface area contributed by atoms with Crippen LogP contribution >= 0.6 is 11.8 Å². The van der Waals surface area contributed by atoms with Gasteiger partial charge in [-0.3, -0.25) is 9.59 Å². The Balaban J connectivity index is 2.12. The number of carbonyl (C=O) groups excluding carboxylic acids is 2. The van der Waals surface area contributed by atoms with Gasteiger partial charge in [-0.2, -0.15) is 4.39 Å². The van der Waals surface area contributed by atoms with Crippen LogP contribution in [0.4, 0.5) is 4.39 Å². The molecule has 0 radical (unpaired) electrons. The molecule has 1 aromatic heterocycles. The summed E-state index contributed by atoms with van der Waals surface area (Å²) >= 11 is 1.19. The highest BCUT2D eigenvalue weighted by Crippen LogP contribution is 2.31. The van der Waals surface area contributed by atoms with Crippen LogP contribution in [-0.2, 0) is 9.59 Å². The van der Waals surface area contributed by atoms with Crippen molar-refractivity contribution >= 4 is 24.5 Å². The molecule has 1 amide bonds. The van der Waals surface area contributed by atoms with Gasteiger partial charge in [-0.25, -0.2) is 4.98 Å². The quantitative estimate of drug-likeness (QED) is 0.523. The smallest absolute Gasteiger partial charge is 0.212 e. The standard InChI is InChI=1S/C14H9FN2O2S/c15-14-6-2-10(7-16-14)1-3-11-4-5-12(17-9-19)13(8-18)20-11/h2,4,6-9H,5H2,(H,17,19). The number of amides is 1. The second kappa shape index (κ2) is 6.68. The van der Waals surface area contributed by atoms with Gasteiger partial charge in [0.2, 0.25) is 12.4 Å². The molecule has 0 unspecified atom stereocenters. The minimum absolute atomic E-state index is 0.432. The molecule has 1 aromatic rings. The van der Waals surface area contributed by atoms with Crippen LogP contribution in [-0.4, -0.2) is 17.7 Å². The van der Waals surface area contributed by atoms with E-state index in [2.05, 4.69) is 22.1 Å². The third-order valence-corrected chi connectivity index (χ3v) is 3.46. The van der Waals surface area contributed by atoms with Crippen molar-refractivity contribution in [2.24, 2.45) is 0 Å². The lowest BCUT2D eigenvalue weighted by Crippen LogP contribution is -2.14. The molecule has 1 aliphatic rings. The van der Waals surface area contributed by atoms with Crippen LogP contribution in [0.25, 0.3) is 0 Å². The molecule has 0 atom stereocenters. The van der Waals surface area contributed by atoms with E-state index in [1.807, 2.05) is 6.08 Å². The maximum absolute atomic E-state index is 12.6. The summed E-state index contributed by atoms with van der Waals surface area (Å²) in [5.41, 5.74) is 1.15. The van der Waals surface area contributed by atoms with Crippen LogP contribution < -0.4 is 5.32 Å². The first kappa shape index (κ1) is 14.0.